The van der Waals surface area contributed by atoms with Crippen LogP contribution >= 0.6 is 11.8 Å². The van der Waals surface area contributed by atoms with Crippen molar-refractivity contribution in [1.82, 2.24) is 0 Å². The smallest absolute Gasteiger partial charge is 0.316 e. The number of ether oxygens (including phenoxy) is 1. The molecule has 0 aliphatic carbocycles. The van der Waals surface area contributed by atoms with E-state index in [1.165, 1.54) is 24.2 Å². The van der Waals surface area contributed by atoms with Gasteiger partial charge in [0.15, 0.2) is 6.10 Å². The first-order valence-electron chi connectivity index (χ1n) is 5.61. The molecule has 1 aromatic carbocycles. The molecule has 1 rings (SSSR count). The number of primary amides is 1. The highest BCUT2D eigenvalue weighted by Crippen LogP contribution is 2.13. The van der Waals surface area contributed by atoms with Crippen molar-refractivity contribution in [3.05, 3.63) is 35.4 Å². The molecule has 0 radical (unpaired) electrons. The van der Waals surface area contributed by atoms with Crippen LogP contribution in [-0.4, -0.2) is 23.7 Å². The van der Waals surface area contributed by atoms with Crippen LogP contribution in [0.1, 0.15) is 18.1 Å². The van der Waals surface area contributed by atoms with Gasteiger partial charge in [-0.15, -0.1) is 11.8 Å². The van der Waals surface area contributed by atoms with E-state index in [1.807, 2.05) is 31.2 Å². The lowest BCUT2D eigenvalue weighted by Crippen LogP contribution is -2.31. The highest BCUT2D eigenvalue weighted by molar-refractivity contribution is 7.99. The Bertz CT molecular complexity index is 417. The number of esters is 1. The zero-order valence-electron chi connectivity index (χ0n) is 10.5. The Labute approximate surface area is 111 Å². The Hall–Kier alpha value is -1.49. The maximum atomic E-state index is 11.4. The molecule has 4 nitrogen and oxygen atoms in total. The monoisotopic (exact) mass is 267 g/mol. The molecule has 5 heteroatoms. The Kier molecular flexibility index (Phi) is 5.71. The average Bonchev–Trinajstić information content (AvgIpc) is 2.31. The van der Waals surface area contributed by atoms with Gasteiger partial charge < -0.3 is 10.5 Å². The van der Waals surface area contributed by atoms with Crippen molar-refractivity contribution < 1.29 is 14.3 Å². The Balaban J connectivity index is 2.27. The van der Waals surface area contributed by atoms with Gasteiger partial charge in [0.2, 0.25) is 0 Å². The Morgan fingerprint density at radius 1 is 1.33 bits per heavy atom. The van der Waals surface area contributed by atoms with Gasteiger partial charge in [-0.05, 0) is 19.4 Å². The van der Waals surface area contributed by atoms with Crippen LogP contribution in [0.15, 0.2) is 24.3 Å². The second kappa shape index (κ2) is 7.06. The SMILES string of the molecule is Cc1ccc(CSCC(=O)O[C@@H](C)C(N)=O)cc1. The molecule has 0 bridgehead atoms. The van der Waals surface area contributed by atoms with Crippen molar-refractivity contribution in [3.63, 3.8) is 0 Å². The number of hydrogen-bond donors (Lipinski definition) is 1. The quantitative estimate of drug-likeness (QED) is 0.796. The van der Waals surface area contributed by atoms with Gasteiger partial charge in [0.05, 0.1) is 5.75 Å². The van der Waals surface area contributed by atoms with Gasteiger partial charge >= 0.3 is 5.97 Å². The number of benzene rings is 1. The van der Waals surface area contributed by atoms with Crippen LogP contribution in [-0.2, 0) is 20.1 Å². The molecule has 0 spiro atoms. The zero-order valence-corrected chi connectivity index (χ0v) is 11.3. The van der Waals surface area contributed by atoms with Crippen molar-refractivity contribution in [2.45, 2.75) is 25.7 Å². The summed E-state index contributed by atoms with van der Waals surface area (Å²) in [7, 11) is 0. The molecule has 1 aromatic rings. The standard InChI is InChI=1S/C13H17NO3S/c1-9-3-5-11(6-4-9)7-18-8-12(15)17-10(2)13(14)16/h3-6,10H,7-8H2,1-2H3,(H2,14,16)/t10-/m0/s1. The van der Waals surface area contributed by atoms with Crippen molar-refractivity contribution in [2.24, 2.45) is 5.73 Å². The molecule has 1 amide bonds. The van der Waals surface area contributed by atoms with E-state index in [9.17, 15) is 9.59 Å². The van der Waals surface area contributed by atoms with Gasteiger partial charge in [0, 0.05) is 5.75 Å². The first-order chi connectivity index (χ1) is 8.49. The van der Waals surface area contributed by atoms with E-state index in [0.717, 1.165) is 11.3 Å². The van der Waals surface area contributed by atoms with Crippen LogP contribution in [0.4, 0.5) is 0 Å². The second-order valence-corrected chi connectivity index (χ2v) is 5.00. The van der Waals surface area contributed by atoms with Gasteiger partial charge in [-0.3, -0.25) is 9.59 Å². The van der Waals surface area contributed by atoms with E-state index in [0.29, 0.717) is 0 Å². The first-order valence-corrected chi connectivity index (χ1v) is 6.76. The summed E-state index contributed by atoms with van der Waals surface area (Å²) in [5.41, 5.74) is 7.36. The molecule has 1 atom stereocenters. The molecule has 2 N–H and O–H groups in total. The molecule has 0 aliphatic rings. The lowest BCUT2D eigenvalue weighted by molar-refractivity contribution is -0.151. The van der Waals surface area contributed by atoms with E-state index in [2.05, 4.69) is 0 Å². The fourth-order valence-corrected chi connectivity index (χ4v) is 1.99. The lowest BCUT2D eigenvalue weighted by Gasteiger charge is -2.09. The van der Waals surface area contributed by atoms with Gasteiger partial charge in [0.25, 0.3) is 5.91 Å². The largest absolute Gasteiger partial charge is 0.452 e. The predicted octanol–water partition coefficient (Wildman–Crippen LogP) is 1.65. The molecule has 0 unspecified atom stereocenters. The fraction of sp³-hybridized carbons (Fsp3) is 0.385. The molecule has 18 heavy (non-hydrogen) atoms. The summed E-state index contributed by atoms with van der Waals surface area (Å²) in [6, 6.07) is 8.12. The number of thioether (sulfide) groups is 1. The van der Waals surface area contributed by atoms with Crippen LogP contribution < -0.4 is 5.73 Å². The van der Waals surface area contributed by atoms with E-state index < -0.39 is 18.0 Å². The van der Waals surface area contributed by atoms with Crippen LogP contribution in [0.2, 0.25) is 0 Å². The number of amides is 1. The van der Waals surface area contributed by atoms with E-state index in [-0.39, 0.29) is 5.75 Å². The number of hydrogen-bond acceptors (Lipinski definition) is 4. The van der Waals surface area contributed by atoms with Crippen LogP contribution in [0.5, 0.6) is 0 Å². The zero-order chi connectivity index (χ0) is 13.5. The van der Waals surface area contributed by atoms with Crippen LogP contribution in [0.3, 0.4) is 0 Å². The summed E-state index contributed by atoms with van der Waals surface area (Å²) in [6.45, 7) is 3.49. The lowest BCUT2D eigenvalue weighted by atomic mass is 10.2. The molecule has 0 saturated carbocycles. The molecule has 0 aliphatic heterocycles. The molecule has 0 aromatic heterocycles. The molecular formula is C13H17NO3S. The van der Waals surface area contributed by atoms with Crippen molar-refractivity contribution in [1.29, 1.82) is 0 Å². The van der Waals surface area contributed by atoms with E-state index in [4.69, 9.17) is 10.5 Å². The average molecular weight is 267 g/mol. The van der Waals surface area contributed by atoms with Crippen LogP contribution in [0, 0.1) is 6.92 Å². The molecule has 0 fully saturated rings. The van der Waals surface area contributed by atoms with E-state index >= 15 is 0 Å². The highest BCUT2D eigenvalue weighted by atomic mass is 32.2. The minimum absolute atomic E-state index is 0.214. The topological polar surface area (TPSA) is 69.4 Å². The number of rotatable bonds is 6. The highest BCUT2D eigenvalue weighted by Gasteiger charge is 2.14. The summed E-state index contributed by atoms with van der Waals surface area (Å²) >= 11 is 1.45. The summed E-state index contributed by atoms with van der Waals surface area (Å²) in [4.78, 5) is 22.1. The number of nitrogens with two attached hydrogens (primary N) is 1. The Morgan fingerprint density at radius 3 is 2.50 bits per heavy atom. The predicted molar refractivity (Wildman–Crippen MR) is 72.1 cm³/mol. The number of carbonyl (C=O) groups is 2. The number of aryl methyl sites for hydroxylation is 1. The van der Waals surface area contributed by atoms with Gasteiger partial charge in [-0.2, -0.15) is 0 Å². The maximum Gasteiger partial charge on any atom is 0.316 e. The van der Waals surface area contributed by atoms with Gasteiger partial charge in [0.1, 0.15) is 0 Å². The maximum absolute atomic E-state index is 11.4. The fourth-order valence-electron chi connectivity index (χ4n) is 1.23. The minimum atomic E-state index is -0.863. The van der Waals surface area contributed by atoms with E-state index in [1.54, 1.807) is 0 Å². The van der Waals surface area contributed by atoms with Crippen molar-refractivity contribution >= 4 is 23.6 Å². The van der Waals surface area contributed by atoms with Gasteiger partial charge in [-0.25, -0.2) is 0 Å². The normalized spacial score (nSPS) is 11.9. The molecule has 0 heterocycles. The third-order valence-electron chi connectivity index (χ3n) is 2.32. The summed E-state index contributed by atoms with van der Waals surface area (Å²) in [6.07, 6.45) is -0.863. The molecule has 0 saturated heterocycles. The first kappa shape index (κ1) is 14.6. The third kappa shape index (κ3) is 5.23. The van der Waals surface area contributed by atoms with Crippen LogP contribution in [0.25, 0.3) is 0 Å². The third-order valence-corrected chi connectivity index (χ3v) is 3.30. The van der Waals surface area contributed by atoms with Gasteiger partial charge in [-0.1, -0.05) is 29.8 Å². The van der Waals surface area contributed by atoms with Crippen molar-refractivity contribution in [3.8, 4) is 0 Å². The molecule has 98 valence electrons. The summed E-state index contributed by atoms with van der Waals surface area (Å²) < 4.78 is 4.83. The van der Waals surface area contributed by atoms with Crippen molar-refractivity contribution in [2.75, 3.05) is 5.75 Å². The minimum Gasteiger partial charge on any atom is -0.452 e. The number of carbonyl (C=O) groups excluding carboxylic acids is 2. The summed E-state index contributed by atoms with van der Waals surface area (Å²) in [5.74, 6) is -0.100. The summed E-state index contributed by atoms with van der Waals surface area (Å²) in [5, 5.41) is 0. The Morgan fingerprint density at radius 2 is 1.94 bits per heavy atom. The second-order valence-electron chi connectivity index (χ2n) is 4.01. The molecular weight excluding hydrogens is 250 g/mol.